The number of morpholine rings is 1. The third kappa shape index (κ3) is 6.59. The van der Waals surface area contributed by atoms with Crippen LogP contribution in [0.4, 0.5) is 11.4 Å². The van der Waals surface area contributed by atoms with E-state index in [9.17, 15) is 0 Å². The molecule has 29 heavy (non-hydrogen) atoms. The maximum Gasteiger partial charge on any atom is 0.222 e. The number of nitrogens with zero attached hydrogens (tertiary/aromatic N) is 2. The van der Waals surface area contributed by atoms with Crippen LogP contribution in [-0.4, -0.2) is 49.3 Å². The van der Waals surface area contributed by atoms with Crippen molar-refractivity contribution in [1.29, 1.82) is 0 Å². The Bertz CT molecular complexity index is 792. The van der Waals surface area contributed by atoms with Crippen LogP contribution in [0.2, 0.25) is 0 Å². The minimum absolute atomic E-state index is 0.594. The average Bonchev–Trinajstić information content (AvgIpc) is 3.58. The molecule has 4 rings (SSSR count). The molecule has 1 aromatic heterocycles. The zero-order chi connectivity index (χ0) is 20.6. The molecular formula is C22H31BrN4O2. The average molecular weight is 463 g/mol. The standard InChI is InChI=1S/C16H18BrN3O.C6H13NO/c1-10-3-2-8-19-16(10)21-13-7-6-12(15(18)14(13)17)20-9-11-4-5-11;1-2-7-3-5-8-6-4-7/h2-3,6-8,11,20H,4-5,9,18H2,1H3;2-6H2,1H3. The largest absolute Gasteiger partial charge is 0.437 e. The number of nitrogen functional groups attached to an aromatic ring is 1. The highest BCUT2D eigenvalue weighted by Crippen LogP contribution is 2.39. The molecule has 1 aromatic carbocycles. The maximum atomic E-state index is 6.17. The van der Waals surface area contributed by atoms with E-state index in [4.69, 9.17) is 15.2 Å². The van der Waals surface area contributed by atoms with Crippen LogP contribution in [-0.2, 0) is 4.74 Å². The molecule has 0 atom stereocenters. The summed E-state index contributed by atoms with van der Waals surface area (Å²) in [6.45, 7) is 10.4. The fourth-order valence-corrected chi connectivity index (χ4v) is 3.41. The van der Waals surface area contributed by atoms with Crippen molar-refractivity contribution in [3.8, 4) is 11.6 Å². The molecule has 158 valence electrons. The van der Waals surface area contributed by atoms with Gasteiger partial charge in [-0.2, -0.15) is 0 Å². The van der Waals surface area contributed by atoms with Gasteiger partial charge in [-0.25, -0.2) is 4.98 Å². The van der Waals surface area contributed by atoms with Gasteiger partial charge in [0.25, 0.3) is 0 Å². The molecule has 6 nitrogen and oxygen atoms in total. The summed E-state index contributed by atoms with van der Waals surface area (Å²) in [7, 11) is 0. The summed E-state index contributed by atoms with van der Waals surface area (Å²) in [6, 6.07) is 7.71. The first kappa shape index (κ1) is 21.9. The van der Waals surface area contributed by atoms with Crippen molar-refractivity contribution in [3.05, 3.63) is 40.5 Å². The molecule has 3 N–H and O–H groups in total. The van der Waals surface area contributed by atoms with E-state index in [0.29, 0.717) is 17.3 Å². The molecule has 0 radical (unpaired) electrons. The van der Waals surface area contributed by atoms with Gasteiger partial charge in [-0.1, -0.05) is 13.0 Å². The number of ether oxygens (including phenoxy) is 2. The first-order valence-electron chi connectivity index (χ1n) is 10.3. The zero-order valence-corrected chi connectivity index (χ0v) is 18.9. The van der Waals surface area contributed by atoms with Crippen molar-refractivity contribution in [2.45, 2.75) is 26.7 Å². The molecule has 2 heterocycles. The van der Waals surface area contributed by atoms with Gasteiger partial charge in [0.15, 0.2) is 0 Å². The normalized spacial score (nSPS) is 16.7. The number of benzene rings is 1. The molecule has 1 aliphatic carbocycles. The SMILES string of the molecule is CCN1CCOCC1.Cc1cccnc1Oc1ccc(NCC2CC2)c(N)c1Br. The quantitative estimate of drug-likeness (QED) is 0.606. The Morgan fingerprint density at radius 3 is 2.66 bits per heavy atom. The van der Waals surface area contributed by atoms with E-state index in [1.165, 1.54) is 19.4 Å². The van der Waals surface area contributed by atoms with Gasteiger partial charge in [0.05, 0.1) is 29.1 Å². The zero-order valence-electron chi connectivity index (χ0n) is 17.3. The van der Waals surface area contributed by atoms with Crippen LogP contribution < -0.4 is 15.8 Å². The predicted octanol–water partition coefficient (Wildman–Crippen LogP) is 4.69. The molecular weight excluding hydrogens is 432 g/mol. The number of rotatable bonds is 6. The Kier molecular flexibility index (Phi) is 8.15. The fourth-order valence-electron chi connectivity index (χ4n) is 2.98. The number of aryl methyl sites for hydroxylation is 1. The number of likely N-dealkylation sites (N-methyl/N-ethyl adjacent to an activating group) is 1. The lowest BCUT2D eigenvalue weighted by atomic mass is 10.2. The summed E-state index contributed by atoms with van der Waals surface area (Å²) in [4.78, 5) is 6.63. The first-order chi connectivity index (χ1) is 14.1. The van der Waals surface area contributed by atoms with E-state index in [1.807, 2.05) is 31.2 Å². The van der Waals surface area contributed by atoms with Crippen molar-refractivity contribution in [1.82, 2.24) is 9.88 Å². The highest BCUT2D eigenvalue weighted by Gasteiger charge is 2.21. The summed E-state index contributed by atoms with van der Waals surface area (Å²) in [6.07, 6.45) is 4.34. The van der Waals surface area contributed by atoms with Crippen molar-refractivity contribution in [2.75, 3.05) is 50.4 Å². The number of nitrogens with one attached hydrogen (secondary N) is 1. The van der Waals surface area contributed by atoms with Gasteiger partial charge in [0.1, 0.15) is 5.75 Å². The molecule has 2 fully saturated rings. The van der Waals surface area contributed by atoms with Crippen molar-refractivity contribution in [3.63, 3.8) is 0 Å². The minimum atomic E-state index is 0.594. The maximum absolute atomic E-state index is 6.17. The summed E-state index contributed by atoms with van der Waals surface area (Å²) in [5, 5.41) is 3.39. The smallest absolute Gasteiger partial charge is 0.222 e. The second kappa shape index (κ2) is 10.8. The van der Waals surface area contributed by atoms with E-state index in [2.05, 4.69) is 38.1 Å². The van der Waals surface area contributed by atoms with Crippen LogP contribution >= 0.6 is 15.9 Å². The number of nitrogens with two attached hydrogens (primary N) is 1. The van der Waals surface area contributed by atoms with Gasteiger partial charge in [-0.3, -0.25) is 4.90 Å². The van der Waals surface area contributed by atoms with Gasteiger partial charge in [0, 0.05) is 31.4 Å². The summed E-state index contributed by atoms with van der Waals surface area (Å²) >= 11 is 3.52. The molecule has 2 aromatic rings. The van der Waals surface area contributed by atoms with E-state index in [1.54, 1.807) is 6.20 Å². The monoisotopic (exact) mass is 462 g/mol. The van der Waals surface area contributed by atoms with Gasteiger partial charge in [-0.05, 0) is 66.4 Å². The van der Waals surface area contributed by atoms with Crippen LogP contribution in [0.15, 0.2) is 34.9 Å². The van der Waals surface area contributed by atoms with E-state index < -0.39 is 0 Å². The molecule has 7 heteroatoms. The Labute approximate surface area is 181 Å². The summed E-state index contributed by atoms with van der Waals surface area (Å²) in [5.41, 5.74) is 8.77. The molecule has 0 spiro atoms. The third-order valence-electron chi connectivity index (χ3n) is 5.14. The molecule has 1 saturated heterocycles. The Morgan fingerprint density at radius 1 is 1.28 bits per heavy atom. The van der Waals surface area contributed by atoms with Crippen molar-refractivity contribution in [2.24, 2.45) is 5.92 Å². The molecule has 1 aliphatic heterocycles. The van der Waals surface area contributed by atoms with Gasteiger partial charge in [0.2, 0.25) is 5.88 Å². The second-order valence-corrected chi connectivity index (χ2v) is 8.23. The second-order valence-electron chi connectivity index (χ2n) is 7.44. The van der Waals surface area contributed by atoms with Crippen LogP contribution in [0.3, 0.4) is 0 Å². The van der Waals surface area contributed by atoms with Crippen molar-refractivity contribution >= 4 is 27.3 Å². The highest BCUT2D eigenvalue weighted by atomic mass is 79.9. The topological polar surface area (TPSA) is 72.6 Å². The van der Waals surface area contributed by atoms with Crippen molar-refractivity contribution < 1.29 is 9.47 Å². The highest BCUT2D eigenvalue weighted by molar-refractivity contribution is 9.10. The van der Waals surface area contributed by atoms with Gasteiger partial charge < -0.3 is 20.5 Å². The number of anilines is 2. The molecule has 0 amide bonds. The lowest BCUT2D eigenvalue weighted by Crippen LogP contribution is -2.35. The van der Waals surface area contributed by atoms with Crippen LogP contribution in [0, 0.1) is 12.8 Å². The van der Waals surface area contributed by atoms with Gasteiger partial charge >= 0.3 is 0 Å². The number of pyridine rings is 1. The van der Waals surface area contributed by atoms with E-state index in [0.717, 1.165) is 54.5 Å². The lowest BCUT2D eigenvalue weighted by molar-refractivity contribution is 0.0405. The van der Waals surface area contributed by atoms with E-state index in [-0.39, 0.29) is 0 Å². The Morgan fingerprint density at radius 2 is 2.03 bits per heavy atom. The third-order valence-corrected chi connectivity index (χ3v) is 5.96. The molecule has 0 unspecified atom stereocenters. The van der Waals surface area contributed by atoms with Crippen LogP contribution in [0.1, 0.15) is 25.3 Å². The minimum Gasteiger partial charge on any atom is -0.437 e. The fraction of sp³-hybridized carbons (Fsp3) is 0.500. The Balaban J connectivity index is 0.000000252. The number of aromatic nitrogens is 1. The predicted molar refractivity (Wildman–Crippen MR) is 122 cm³/mol. The number of halogens is 1. The lowest BCUT2D eigenvalue weighted by Gasteiger charge is -2.24. The number of hydrogen-bond donors (Lipinski definition) is 2. The molecule has 1 saturated carbocycles. The summed E-state index contributed by atoms with van der Waals surface area (Å²) in [5.74, 6) is 2.07. The number of hydrogen-bond acceptors (Lipinski definition) is 6. The van der Waals surface area contributed by atoms with Gasteiger partial charge in [-0.15, -0.1) is 0 Å². The van der Waals surface area contributed by atoms with Crippen LogP contribution in [0.5, 0.6) is 11.6 Å². The van der Waals surface area contributed by atoms with Crippen LogP contribution in [0.25, 0.3) is 0 Å². The molecule has 0 bridgehead atoms. The molecule has 2 aliphatic rings. The first-order valence-corrected chi connectivity index (χ1v) is 11.1. The Hall–Kier alpha value is -1.83. The van der Waals surface area contributed by atoms with E-state index >= 15 is 0 Å². The summed E-state index contributed by atoms with van der Waals surface area (Å²) < 4.78 is 11.8.